The van der Waals surface area contributed by atoms with Gasteiger partial charge in [-0.25, -0.2) is 4.98 Å². The smallest absolute Gasteiger partial charge is 0.197 e. The largest absolute Gasteiger partial charge is 0.496 e. The number of aromatic amines is 1. The average Bonchev–Trinajstić information content (AvgIpc) is 3.38. The van der Waals surface area contributed by atoms with E-state index in [9.17, 15) is 4.21 Å². The Bertz CT molecular complexity index is 1650. The third-order valence-corrected chi connectivity index (χ3v) is 4.35. The minimum absolute atomic E-state index is 0.311. The maximum atomic E-state index is 13.5. The van der Waals surface area contributed by atoms with Crippen LogP contribution in [-0.2, 0) is 16.5 Å². The summed E-state index contributed by atoms with van der Waals surface area (Å²) >= 11 is 0. The van der Waals surface area contributed by atoms with Gasteiger partial charge in [-0.15, -0.1) is 0 Å². The molecule has 1 aromatic carbocycles. The van der Waals surface area contributed by atoms with Gasteiger partial charge in [0.15, 0.2) is 5.16 Å². The van der Waals surface area contributed by atoms with Crippen LogP contribution in [0.2, 0.25) is 0 Å². The van der Waals surface area contributed by atoms with E-state index in [4.69, 9.17) is 25.3 Å². The van der Waals surface area contributed by atoms with Crippen molar-refractivity contribution < 1.29 is 29.5 Å². The number of H-pyrrole nitrogens is 1. The minimum Gasteiger partial charge on any atom is -0.496 e. The summed E-state index contributed by atoms with van der Waals surface area (Å²) in [5.41, 5.74) is -6.06. The number of pyridine rings is 1. The molecular weight excluding hydrogens is 346 g/mol. The van der Waals surface area contributed by atoms with Crippen LogP contribution in [0, 0.1) is 6.85 Å². The molecule has 0 aliphatic heterocycles. The number of aromatic nitrogens is 3. The Morgan fingerprint density at radius 1 is 1.42 bits per heavy atom. The molecule has 0 amide bonds. The summed E-state index contributed by atoms with van der Waals surface area (Å²) in [5.74, 6) is -2.19. The highest BCUT2D eigenvalue weighted by molar-refractivity contribution is 7.84. The van der Waals surface area contributed by atoms with Crippen LogP contribution >= 0.6 is 0 Å². The number of nitrogens with one attached hydrogen (secondary N) is 1. The molecule has 1 atom stereocenters. The highest BCUT2D eigenvalue weighted by Gasteiger charge is 2.16. The van der Waals surface area contributed by atoms with Crippen molar-refractivity contribution in [3.8, 4) is 5.75 Å². The number of allylic oxidation sites excluding steroid dienone is 4. The zero-order chi connectivity index (χ0) is 31.0. The van der Waals surface area contributed by atoms with Gasteiger partial charge in [0.2, 0.25) is 0 Å². The van der Waals surface area contributed by atoms with Crippen molar-refractivity contribution in [3.63, 3.8) is 0 Å². The molecule has 3 aromatic rings. The Morgan fingerprint density at radius 3 is 3.12 bits per heavy atom. The van der Waals surface area contributed by atoms with Gasteiger partial charge < -0.3 is 9.72 Å². The summed E-state index contributed by atoms with van der Waals surface area (Å²) in [7, 11) is -6.04. The fourth-order valence-electron chi connectivity index (χ4n) is 2.20. The number of benzene rings is 1. The summed E-state index contributed by atoms with van der Waals surface area (Å²) in [4.78, 5) is 10.1. The Morgan fingerprint density at radius 2 is 2.31 bits per heavy atom. The van der Waals surface area contributed by atoms with Crippen LogP contribution in [-0.4, -0.2) is 26.2 Å². The van der Waals surface area contributed by atoms with Gasteiger partial charge in [-0.05, 0) is 30.6 Å². The van der Waals surface area contributed by atoms with Crippen LogP contribution in [0.4, 0.5) is 0 Å². The van der Waals surface area contributed by atoms with Crippen molar-refractivity contribution in [3.05, 3.63) is 71.4 Å². The molecule has 1 aliphatic carbocycles. The van der Waals surface area contributed by atoms with E-state index in [-0.39, 0.29) is 16.6 Å². The Kier molecular flexibility index (Phi) is 1.79. The molecule has 6 heteroatoms. The SMILES string of the molecule is [2H]C1=C([2H])C(c2c([2H])c([2H])c3nc(S(=O)C([2H])([2H])c4nccc(OC([2H])([2H])[2H])c4C([2H])([2H])[2H])[nH]c3c2[2H])C([2H])=C1[2H]. The summed E-state index contributed by atoms with van der Waals surface area (Å²) in [6, 6.07) is -3.13. The van der Waals surface area contributed by atoms with Crippen LogP contribution in [0.15, 0.2) is 59.8 Å². The van der Waals surface area contributed by atoms with Gasteiger partial charge in [0.25, 0.3) is 0 Å². The Balaban J connectivity index is 1.89. The predicted octanol–water partition coefficient (Wildman–Crippen LogP) is 3.79. The molecule has 1 aliphatic rings. The van der Waals surface area contributed by atoms with E-state index in [2.05, 4.69) is 15.0 Å². The fraction of sp³-hybridized carbons (Fsp3) is 0.200. The van der Waals surface area contributed by atoms with Crippen LogP contribution in [0.3, 0.4) is 0 Å². The normalized spacial score (nSPS) is 26.4. The summed E-state index contributed by atoms with van der Waals surface area (Å²) in [5, 5.41) is -0.680. The van der Waals surface area contributed by atoms with Gasteiger partial charge in [0.1, 0.15) is 5.75 Å². The van der Waals surface area contributed by atoms with Crippen LogP contribution in [0.5, 0.6) is 5.75 Å². The van der Waals surface area contributed by atoms with Gasteiger partial charge in [0, 0.05) is 24.5 Å². The second kappa shape index (κ2) is 6.88. The fourth-order valence-corrected chi connectivity index (χ4v) is 2.99. The van der Waals surface area contributed by atoms with Crippen LogP contribution < -0.4 is 4.74 Å². The second-order valence-corrected chi connectivity index (χ2v) is 6.16. The first-order valence-corrected chi connectivity index (χ1v) is 8.30. The molecule has 1 unspecified atom stereocenters. The number of methoxy groups -OCH3 is 1. The molecule has 0 bridgehead atoms. The van der Waals surface area contributed by atoms with Crippen molar-refractivity contribution in [2.24, 2.45) is 0 Å². The lowest BCUT2D eigenvalue weighted by Gasteiger charge is -2.08. The lowest BCUT2D eigenvalue weighted by atomic mass is 10.0. The van der Waals surface area contributed by atoms with Crippen molar-refractivity contribution in [1.29, 1.82) is 0 Å². The van der Waals surface area contributed by atoms with Gasteiger partial charge in [-0.3, -0.25) is 9.19 Å². The van der Waals surface area contributed by atoms with E-state index >= 15 is 0 Å². The second-order valence-electron chi connectivity index (χ2n) is 5.03. The van der Waals surface area contributed by atoms with Crippen molar-refractivity contribution >= 4 is 21.8 Å². The standard InChI is InChI=1S/C20H19N3O2S/c1-13-18(21-10-9-19(13)25-2)12-26(24)20-22-16-8-7-15(11-17(16)23-20)14-5-3-4-6-14/h3-11,14H,12H2,1-2H3,(H,22,23)/i1D3,2D3,3D,4D,5D,6D,7D,8D,11D,12D2. The molecule has 0 saturated carbocycles. The van der Waals surface area contributed by atoms with E-state index in [1.54, 1.807) is 0 Å². The third kappa shape index (κ3) is 3.08. The van der Waals surface area contributed by atoms with Crippen LogP contribution in [0.1, 0.15) is 43.3 Å². The van der Waals surface area contributed by atoms with Gasteiger partial charge in [0.05, 0.1) is 54.0 Å². The number of hydrogen-bond donors (Lipinski definition) is 1. The maximum Gasteiger partial charge on any atom is 0.197 e. The quantitative estimate of drug-likeness (QED) is 0.731. The molecule has 1 N–H and O–H groups in total. The molecular formula is C20H19N3O2S. The van der Waals surface area contributed by atoms with Crippen LogP contribution in [0.25, 0.3) is 11.0 Å². The number of imidazole rings is 1. The zero-order valence-electron chi connectivity index (χ0n) is 27.9. The molecule has 0 spiro atoms. The first-order valence-electron chi connectivity index (χ1n) is 14.7. The molecule has 0 saturated heterocycles. The lowest BCUT2D eigenvalue weighted by molar-refractivity contribution is 0.410. The minimum atomic E-state index is -3.16. The summed E-state index contributed by atoms with van der Waals surface area (Å²) < 4.78 is 138. The molecule has 0 radical (unpaired) electrons. The van der Waals surface area contributed by atoms with E-state index < -0.39 is 101 Å². The van der Waals surface area contributed by atoms with E-state index in [0.717, 1.165) is 12.3 Å². The number of nitrogens with zero attached hydrogens (tertiary/aromatic N) is 2. The Hall–Kier alpha value is -2.73. The summed E-state index contributed by atoms with van der Waals surface area (Å²) in [6.45, 7) is -3.16. The number of fused-ring (bicyclic) bond motifs is 1. The first kappa shape index (κ1) is 6.78. The summed E-state index contributed by atoms with van der Waals surface area (Å²) in [6.07, 6.45) is 0.877. The zero-order valence-corrected chi connectivity index (χ0v) is 13.7. The molecule has 2 heterocycles. The molecule has 132 valence electrons. The number of rotatable bonds is 5. The number of ether oxygens (including phenoxy) is 1. The molecule has 4 rings (SSSR count). The average molecular weight is 381 g/mol. The van der Waals surface area contributed by atoms with Gasteiger partial charge >= 0.3 is 0 Å². The molecule has 2 aromatic heterocycles. The van der Waals surface area contributed by atoms with E-state index in [0.29, 0.717) is 0 Å². The topological polar surface area (TPSA) is 67.9 Å². The molecule has 26 heavy (non-hydrogen) atoms. The monoisotopic (exact) mass is 380 g/mol. The van der Waals surface area contributed by atoms with E-state index in [1.807, 2.05) is 0 Å². The number of hydrogen-bond acceptors (Lipinski definition) is 4. The highest BCUT2D eigenvalue weighted by atomic mass is 32.2. The maximum absolute atomic E-state index is 13.5. The Labute approximate surface area is 175 Å². The lowest BCUT2D eigenvalue weighted by Crippen LogP contribution is -2.03. The third-order valence-electron chi connectivity index (χ3n) is 3.43. The van der Waals surface area contributed by atoms with Crippen molar-refractivity contribution in [2.75, 3.05) is 7.04 Å². The first-order chi connectivity index (χ1) is 18.7. The molecule has 0 fully saturated rings. The van der Waals surface area contributed by atoms with Crippen molar-refractivity contribution in [1.82, 2.24) is 15.0 Å². The van der Waals surface area contributed by atoms with Gasteiger partial charge in [-0.2, -0.15) is 0 Å². The highest BCUT2D eigenvalue weighted by Crippen LogP contribution is 2.26. The predicted molar refractivity (Wildman–Crippen MR) is 103 cm³/mol. The van der Waals surface area contributed by atoms with Gasteiger partial charge in [-0.1, -0.05) is 30.3 Å². The molecule has 5 nitrogen and oxygen atoms in total. The van der Waals surface area contributed by atoms with Crippen molar-refractivity contribution in [2.45, 2.75) is 23.6 Å². The van der Waals surface area contributed by atoms with E-state index in [1.165, 1.54) is 0 Å².